The number of hydrogen-bond donors (Lipinski definition) is 2. The number of aromatic nitrogens is 1. The van der Waals surface area contributed by atoms with Crippen molar-refractivity contribution >= 4 is 45.1 Å². The summed E-state index contributed by atoms with van der Waals surface area (Å²) in [6.07, 6.45) is 2.15. The fourth-order valence-corrected chi connectivity index (χ4v) is 4.53. The Kier molecular flexibility index (Phi) is 4.73. The van der Waals surface area contributed by atoms with Crippen LogP contribution in [0.15, 0.2) is 33.5 Å². The molecule has 0 spiro atoms. The zero-order valence-electron chi connectivity index (χ0n) is 13.0. The maximum Gasteiger partial charge on any atom is 0.254 e. The number of H-pyrrole nitrogens is 1. The van der Waals surface area contributed by atoms with Gasteiger partial charge in [0.15, 0.2) is 0 Å². The Hall–Kier alpha value is -1.37. The molecule has 1 aromatic carbocycles. The van der Waals surface area contributed by atoms with Crippen LogP contribution in [0.25, 0.3) is 10.9 Å². The molecule has 1 aromatic heterocycles. The zero-order valence-corrected chi connectivity index (χ0v) is 15.4. The average molecular weight is 413 g/mol. The number of carbonyl (C=O) groups is 1. The first kappa shape index (κ1) is 17.5. The van der Waals surface area contributed by atoms with Gasteiger partial charge < -0.3 is 15.6 Å². The molecular weight excluding hydrogens is 394 g/mol. The first-order valence-electron chi connectivity index (χ1n) is 7.91. The largest absolute Gasteiger partial charge is 0.338 e. The van der Waals surface area contributed by atoms with Gasteiger partial charge in [-0.1, -0.05) is 12.1 Å². The molecule has 3 atom stereocenters. The van der Waals surface area contributed by atoms with E-state index in [1.54, 1.807) is 0 Å². The third-order valence-electron chi connectivity index (χ3n) is 5.26. The molecule has 1 aliphatic carbocycles. The monoisotopic (exact) mass is 411 g/mol. The fraction of sp³-hybridized carbons (Fsp3) is 0.412. The Bertz CT molecular complexity index is 853. The maximum absolute atomic E-state index is 13.0. The van der Waals surface area contributed by atoms with Crippen molar-refractivity contribution in [3.8, 4) is 0 Å². The SMILES string of the molecule is Cl.NC1CCC2CN(C(=O)c3cc(=O)[nH]c4c(Br)cccc34)CC12. The summed E-state index contributed by atoms with van der Waals surface area (Å²) in [6.45, 7) is 1.45. The quantitative estimate of drug-likeness (QED) is 0.755. The number of hydrogen-bond acceptors (Lipinski definition) is 3. The summed E-state index contributed by atoms with van der Waals surface area (Å²) in [7, 11) is 0. The normalized spacial score (nSPS) is 25.6. The van der Waals surface area contributed by atoms with Crippen molar-refractivity contribution in [3.63, 3.8) is 0 Å². The number of amides is 1. The summed E-state index contributed by atoms with van der Waals surface area (Å²) in [5.74, 6) is 0.841. The number of fused-ring (bicyclic) bond motifs is 2. The van der Waals surface area contributed by atoms with Crippen LogP contribution in [0.4, 0.5) is 0 Å². The first-order chi connectivity index (χ1) is 11.0. The molecule has 24 heavy (non-hydrogen) atoms. The van der Waals surface area contributed by atoms with Crippen molar-refractivity contribution in [1.29, 1.82) is 0 Å². The Morgan fingerprint density at radius 1 is 1.29 bits per heavy atom. The molecular formula is C17H19BrClN3O2. The number of rotatable bonds is 1. The van der Waals surface area contributed by atoms with E-state index in [-0.39, 0.29) is 29.9 Å². The van der Waals surface area contributed by atoms with Crippen LogP contribution in [0.1, 0.15) is 23.2 Å². The number of carbonyl (C=O) groups excluding carboxylic acids is 1. The highest BCUT2D eigenvalue weighted by atomic mass is 79.9. The number of benzene rings is 1. The lowest BCUT2D eigenvalue weighted by Gasteiger charge is -2.19. The summed E-state index contributed by atoms with van der Waals surface area (Å²) in [5.41, 5.74) is 7.03. The second-order valence-electron chi connectivity index (χ2n) is 6.58. The zero-order chi connectivity index (χ0) is 16.1. The van der Waals surface area contributed by atoms with Crippen molar-refractivity contribution in [2.24, 2.45) is 17.6 Å². The predicted molar refractivity (Wildman–Crippen MR) is 99.6 cm³/mol. The molecule has 5 nitrogen and oxygen atoms in total. The van der Waals surface area contributed by atoms with E-state index < -0.39 is 0 Å². The minimum atomic E-state index is -0.260. The lowest BCUT2D eigenvalue weighted by atomic mass is 9.98. The maximum atomic E-state index is 13.0. The molecule has 1 aliphatic heterocycles. The molecule has 7 heteroatoms. The summed E-state index contributed by atoms with van der Waals surface area (Å²) in [6, 6.07) is 7.20. The highest BCUT2D eigenvalue weighted by molar-refractivity contribution is 9.10. The van der Waals surface area contributed by atoms with E-state index in [1.165, 1.54) is 6.07 Å². The minimum Gasteiger partial charge on any atom is -0.338 e. The Balaban J connectivity index is 0.00000169. The smallest absolute Gasteiger partial charge is 0.254 e. The lowest BCUT2D eigenvalue weighted by molar-refractivity contribution is 0.0781. The summed E-state index contributed by atoms with van der Waals surface area (Å²) in [4.78, 5) is 29.6. The van der Waals surface area contributed by atoms with Gasteiger partial charge in [0.1, 0.15) is 0 Å². The van der Waals surface area contributed by atoms with Gasteiger partial charge in [-0.05, 0) is 46.7 Å². The van der Waals surface area contributed by atoms with Crippen molar-refractivity contribution in [2.75, 3.05) is 13.1 Å². The van der Waals surface area contributed by atoms with Crippen LogP contribution in [-0.4, -0.2) is 34.9 Å². The first-order valence-corrected chi connectivity index (χ1v) is 8.70. The number of nitrogens with zero attached hydrogens (tertiary/aromatic N) is 1. The predicted octanol–water partition coefficient (Wildman–Crippen LogP) is 2.52. The number of nitrogens with one attached hydrogen (secondary N) is 1. The summed E-state index contributed by atoms with van der Waals surface area (Å²) in [5, 5.41) is 0.769. The molecule has 3 N–H and O–H groups in total. The van der Waals surface area contributed by atoms with Crippen molar-refractivity contribution in [3.05, 3.63) is 44.7 Å². The van der Waals surface area contributed by atoms with Gasteiger partial charge in [-0.2, -0.15) is 0 Å². The fourth-order valence-electron chi connectivity index (χ4n) is 4.06. The number of likely N-dealkylation sites (tertiary alicyclic amines) is 1. The van der Waals surface area contributed by atoms with Gasteiger partial charge in [0.05, 0.1) is 11.1 Å². The molecule has 2 heterocycles. The number of nitrogens with two attached hydrogens (primary N) is 1. The van der Waals surface area contributed by atoms with E-state index in [0.717, 1.165) is 29.2 Å². The van der Waals surface area contributed by atoms with Crippen LogP contribution in [0.3, 0.4) is 0 Å². The van der Waals surface area contributed by atoms with Crippen molar-refractivity contribution in [2.45, 2.75) is 18.9 Å². The van der Waals surface area contributed by atoms with Crippen molar-refractivity contribution in [1.82, 2.24) is 9.88 Å². The van der Waals surface area contributed by atoms with Crippen LogP contribution in [0, 0.1) is 11.8 Å². The van der Waals surface area contributed by atoms with Crippen LogP contribution in [0.5, 0.6) is 0 Å². The van der Waals surface area contributed by atoms with Gasteiger partial charge in [-0.3, -0.25) is 9.59 Å². The van der Waals surface area contributed by atoms with Crippen LogP contribution in [-0.2, 0) is 0 Å². The van der Waals surface area contributed by atoms with Crippen LogP contribution in [0.2, 0.25) is 0 Å². The molecule has 128 valence electrons. The molecule has 4 rings (SSSR count). The van der Waals surface area contributed by atoms with Gasteiger partial charge in [0.2, 0.25) is 5.56 Å². The molecule has 1 amide bonds. The van der Waals surface area contributed by atoms with Gasteiger partial charge in [-0.15, -0.1) is 12.4 Å². The number of pyridine rings is 1. The Morgan fingerprint density at radius 3 is 2.83 bits per heavy atom. The third kappa shape index (κ3) is 2.76. The number of aromatic amines is 1. The summed E-state index contributed by atoms with van der Waals surface area (Å²) >= 11 is 3.43. The molecule has 1 saturated carbocycles. The van der Waals surface area contributed by atoms with E-state index in [0.29, 0.717) is 29.5 Å². The molecule has 3 unspecified atom stereocenters. The van der Waals surface area contributed by atoms with E-state index in [4.69, 9.17) is 5.73 Å². The molecule has 1 saturated heterocycles. The topological polar surface area (TPSA) is 79.2 Å². The number of para-hydroxylation sites is 1. The van der Waals surface area contributed by atoms with Crippen molar-refractivity contribution < 1.29 is 4.79 Å². The summed E-state index contributed by atoms with van der Waals surface area (Å²) < 4.78 is 0.780. The Labute approximate surface area is 154 Å². The molecule has 2 aliphatic rings. The van der Waals surface area contributed by atoms with Gasteiger partial charge in [0.25, 0.3) is 5.91 Å². The van der Waals surface area contributed by atoms with E-state index in [2.05, 4.69) is 20.9 Å². The molecule has 0 bridgehead atoms. The highest BCUT2D eigenvalue weighted by Gasteiger charge is 2.42. The van der Waals surface area contributed by atoms with E-state index >= 15 is 0 Å². The third-order valence-corrected chi connectivity index (χ3v) is 5.92. The van der Waals surface area contributed by atoms with Gasteiger partial charge >= 0.3 is 0 Å². The van der Waals surface area contributed by atoms with Crippen LogP contribution < -0.4 is 11.3 Å². The van der Waals surface area contributed by atoms with Gasteiger partial charge in [-0.25, -0.2) is 0 Å². The second-order valence-corrected chi connectivity index (χ2v) is 7.44. The molecule has 2 aromatic rings. The van der Waals surface area contributed by atoms with Gasteiger partial charge in [0, 0.05) is 35.1 Å². The van der Waals surface area contributed by atoms with E-state index in [1.807, 2.05) is 23.1 Å². The highest BCUT2D eigenvalue weighted by Crippen LogP contribution is 2.38. The molecule has 2 fully saturated rings. The molecule has 0 radical (unpaired) electrons. The minimum absolute atomic E-state index is 0. The lowest BCUT2D eigenvalue weighted by Crippen LogP contribution is -2.34. The standard InChI is InChI=1S/C17H18BrN3O2.ClH/c18-13-3-1-2-10-11(6-15(22)20-16(10)13)17(23)21-7-9-4-5-14(19)12(9)8-21;/h1-3,6,9,12,14H,4-5,7-8,19H2,(H,20,22);1H. The van der Waals surface area contributed by atoms with E-state index in [9.17, 15) is 9.59 Å². The second kappa shape index (κ2) is 6.50. The average Bonchev–Trinajstić information content (AvgIpc) is 3.09. The number of halogens is 2. The van der Waals surface area contributed by atoms with Crippen LogP contribution >= 0.6 is 28.3 Å². The Morgan fingerprint density at radius 2 is 2.08 bits per heavy atom.